The standard InChI is InChI=1S/C22H23N3O2S/c1-14-16-9-12-28-19(16)8-11-24(14)21(26)15-6-7-17-18(13-15)23-20-5-3-2-4-10-25(20)22(17)27/h6-7,9,12-14H,2-5,8,10-11H2,1H3/t14-/m1/s1. The maximum absolute atomic E-state index is 13.2. The number of aryl methyl sites for hydroxylation is 1. The van der Waals surface area contributed by atoms with Crippen LogP contribution in [0.15, 0.2) is 34.4 Å². The van der Waals surface area contributed by atoms with Crippen molar-refractivity contribution >= 4 is 28.1 Å². The fraction of sp³-hybridized carbons (Fsp3) is 0.409. The minimum Gasteiger partial charge on any atom is -0.331 e. The van der Waals surface area contributed by atoms with Crippen molar-refractivity contribution in [1.82, 2.24) is 14.5 Å². The minimum absolute atomic E-state index is 0.0168. The van der Waals surface area contributed by atoms with Crippen LogP contribution < -0.4 is 5.56 Å². The average molecular weight is 394 g/mol. The van der Waals surface area contributed by atoms with E-state index in [4.69, 9.17) is 4.98 Å². The molecule has 1 aromatic carbocycles. The first-order valence-corrected chi connectivity index (χ1v) is 10.9. The molecule has 0 radical (unpaired) electrons. The Kier molecular flexibility index (Phi) is 4.31. The first kappa shape index (κ1) is 17.6. The van der Waals surface area contributed by atoms with Gasteiger partial charge in [-0.15, -0.1) is 11.3 Å². The molecule has 0 bridgehead atoms. The zero-order valence-electron chi connectivity index (χ0n) is 16.0. The van der Waals surface area contributed by atoms with Gasteiger partial charge in [-0.2, -0.15) is 0 Å². The van der Waals surface area contributed by atoms with Crippen LogP contribution in [0.5, 0.6) is 0 Å². The molecule has 0 N–H and O–H groups in total. The Hall–Kier alpha value is -2.47. The quantitative estimate of drug-likeness (QED) is 0.629. The molecule has 6 heteroatoms. The molecule has 2 aliphatic heterocycles. The highest BCUT2D eigenvalue weighted by atomic mass is 32.1. The van der Waals surface area contributed by atoms with Crippen LogP contribution >= 0.6 is 11.3 Å². The number of nitrogens with zero attached hydrogens (tertiary/aromatic N) is 3. The zero-order valence-corrected chi connectivity index (χ0v) is 16.8. The fourth-order valence-corrected chi connectivity index (χ4v) is 5.47. The summed E-state index contributed by atoms with van der Waals surface area (Å²) >= 11 is 1.77. The van der Waals surface area contributed by atoms with Gasteiger partial charge in [0.15, 0.2) is 0 Å². The normalized spacial score (nSPS) is 19.2. The molecule has 3 aromatic rings. The summed E-state index contributed by atoms with van der Waals surface area (Å²) in [6, 6.07) is 7.57. The zero-order chi connectivity index (χ0) is 19.3. The molecule has 0 unspecified atom stereocenters. The predicted molar refractivity (Wildman–Crippen MR) is 111 cm³/mol. The van der Waals surface area contributed by atoms with Gasteiger partial charge in [0, 0.05) is 30.0 Å². The smallest absolute Gasteiger partial charge is 0.261 e. The molecule has 5 nitrogen and oxygen atoms in total. The number of rotatable bonds is 1. The first-order valence-electron chi connectivity index (χ1n) is 10.0. The van der Waals surface area contributed by atoms with Crippen LogP contribution in [-0.2, 0) is 19.4 Å². The summed E-state index contributed by atoms with van der Waals surface area (Å²) in [4.78, 5) is 34.2. The van der Waals surface area contributed by atoms with E-state index < -0.39 is 0 Å². The molecule has 144 valence electrons. The molecule has 4 heterocycles. The number of hydrogen-bond donors (Lipinski definition) is 0. The van der Waals surface area contributed by atoms with Crippen LogP contribution in [0.4, 0.5) is 0 Å². The molecule has 2 aliphatic rings. The molecular formula is C22H23N3O2S. The number of carbonyl (C=O) groups excluding carboxylic acids is 1. The van der Waals surface area contributed by atoms with Crippen LogP contribution in [-0.4, -0.2) is 26.9 Å². The predicted octanol–water partition coefficient (Wildman–Crippen LogP) is 3.94. The second-order valence-corrected chi connectivity index (χ2v) is 8.75. The second-order valence-electron chi connectivity index (χ2n) is 7.75. The van der Waals surface area contributed by atoms with Gasteiger partial charge in [0.25, 0.3) is 11.5 Å². The Morgan fingerprint density at radius 2 is 2.04 bits per heavy atom. The lowest BCUT2D eigenvalue weighted by molar-refractivity contribution is 0.0679. The van der Waals surface area contributed by atoms with E-state index in [1.165, 1.54) is 10.4 Å². The highest BCUT2D eigenvalue weighted by Crippen LogP contribution is 2.33. The lowest BCUT2D eigenvalue weighted by atomic mass is 10.00. The van der Waals surface area contributed by atoms with Gasteiger partial charge in [0.05, 0.1) is 16.9 Å². The molecule has 28 heavy (non-hydrogen) atoms. The van der Waals surface area contributed by atoms with Gasteiger partial charge in [-0.1, -0.05) is 6.42 Å². The van der Waals surface area contributed by atoms with Crippen molar-refractivity contribution in [3.8, 4) is 0 Å². The number of aromatic nitrogens is 2. The van der Waals surface area contributed by atoms with Crippen molar-refractivity contribution < 1.29 is 4.79 Å². The van der Waals surface area contributed by atoms with Gasteiger partial charge in [-0.3, -0.25) is 14.2 Å². The molecule has 1 atom stereocenters. The molecule has 5 rings (SSSR count). The molecule has 1 amide bonds. The van der Waals surface area contributed by atoms with Crippen molar-refractivity contribution in [3.05, 3.63) is 61.8 Å². The van der Waals surface area contributed by atoms with E-state index in [1.54, 1.807) is 29.5 Å². The van der Waals surface area contributed by atoms with Crippen LogP contribution in [0.3, 0.4) is 0 Å². The summed E-state index contributed by atoms with van der Waals surface area (Å²) in [7, 11) is 0. The molecular weight excluding hydrogens is 370 g/mol. The van der Waals surface area contributed by atoms with Crippen molar-refractivity contribution in [2.24, 2.45) is 0 Å². The Balaban J connectivity index is 1.53. The van der Waals surface area contributed by atoms with Crippen molar-refractivity contribution in [1.29, 1.82) is 0 Å². The number of fused-ring (bicyclic) bond motifs is 3. The van der Waals surface area contributed by atoms with Gasteiger partial charge in [-0.05, 0) is 61.4 Å². The summed E-state index contributed by atoms with van der Waals surface area (Å²) in [6.45, 7) is 3.56. The minimum atomic E-state index is 0.0168. The van der Waals surface area contributed by atoms with E-state index in [2.05, 4.69) is 18.4 Å². The second kappa shape index (κ2) is 6.85. The van der Waals surface area contributed by atoms with Gasteiger partial charge in [0.1, 0.15) is 5.82 Å². The van der Waals surface area contributed by atoms with E-state index in [1.807, 2.05) is 9.47 Å². The van der Waals surface area contributed by atoms with Gasteiger partial charge in [-0.25, -0.2) is 4.98 Å². The van der Waals surface area contributed by atoms with E-state index in [-0.39, 0.29) is 17.5 Å². The molecule has 0 aliphatic carbocycles. The molecule has 0 saturated heterocycles. The first-order chi connectivity index (χ1) is 13.6. The summed E-state index contributed by atoms with van der Waals surface area (Å²) in [6.07, 6.45) is 4.94. The van der Waals surface area contributed by atoms with E-state index >= 15 is 0 Å². The van der Waals surface area contributed by atoms with Crippen molar-refractivity contribution in [2.45, 2.75) is 51.6 Å². The maximum atomic E-state index is 13.2. The molecule has 2 aromatic heterocycles. The van der Waals surface area contributed by atoms with E-state index in [0.717, 1.165) is 51.0 Å². The molecule has 0 spiro atoms. The van der Waals surface area contributed by atoms with Gasteiger partial charge in [0.2, 0.25) is 0 Å². The Morgan fingerprint density at radius 1 is 1.14 bits per heavy atom. The SMILES string of the molecule is C[C@@H]1c2ccsc2CCN1C(=O)c1ccc2c(=O)n3c(nc2c1)CCCCC3. The summed E-state index contributed by atoms with van der Waals surface area (Å²) in [5.74, 6) is 0.872. The summed E-state index contributed by atoms with van der Waals surface area (Å²) < 4.78 is 1.82. The number of hydrogen-bond acceptors (Lipinski definition) is 4. The van der Waals surface area contributed by atoms with Crippen LogP contribution in [0, 0.1) is 0 Å². The number of benzene rings is 1. The highest BCUT2D eigenvalue weighted by molar-refractivity contribution is 7.10. The third kappa shape index (κ3) is 2.78. The van der Waals surface area contributed by atoms with Crippen molar-refractivity contribution in [2.75, 3.05) is 6.54 Å². The lowest BCUT2D eigenvalue weighted by Gasteiger charge is -2.33. The third-order valence-corrected chi connectivity index (χ3v) is 7.10. The Bertz CT molecular complexity index is 1130. The van der Waals surface area contributed by atoms with Crippen LogP contribution in [0.2, 0.25) is 0 Å². The Labute approximate surface area is 167 Å². The van der Waals surface area contributed by atoms with E-state index in [0.29, 0.717) is 16.5 Å². The molecule has 0 fully saturated rings. The summed E-state index contributed by atoms with van der Waals surface area (Å²) in [5.41, 5.74) is 2.54. The van der Waals surface area contributed by atoms with Gasteiger partial charge >= 0.3 is 0 Å². The van der Waals surface area contributed by atoms with E-state index in [9.17, 15) is 9.59 Å². The van der Waals surface area contributed by atoms with Crippen LogP contribution in [0.1, 0.15) is 58.9 Å². The van der Waals surface area contributed by atoms with Gasteiger partial charge < -0.3 is 4.90 Å². The Morgan fingerprint density at radius 3 is 2.93 bits per heavy atom. The fourth-order valence-electron chi connectivity index (χ4n) is 4.50. The largest absolute Gasteiger partial charge is 0.331 e. The maximum Gasteiger partial charge on any atom is 0.261 e. The number of amides is 1. The monoisotopic (exact) mass is 393 g/mol. The number of thiophene rings is 1. The highest BCUT2D eigenvalue weighted by Gasteiger charge is 2.29. The van der Waals surface area contributed by atoms with Crippen molar-refractivity contribution in [3.63, 3.8) is 0 Å². The summed E-state index contributed by atoms with van der Waals surface area (Å²) in [5, 5.41) is 2.71. The third-order valence-electron chi connectivity index (χ3n) is 6.10. The lowest BCUT2D eigenvalue weighted by Crippen LogP contribution is -2.38. The average Bonchev–Trinajstić information content (AvgIpc) is 3.07. The number of carbonyl (C=O) groups is 1. The molecule has 0 saturated carbocycles. The topological polar surface area (TPSA) is 55.2 Å². The van der Waals surface area contributed by atoms with Crippen LogP contribution in [0.25, 0.3) is 10.9 Å².